The lowest BCUT2D eigenvalue weighted by Crippen LogP contribution is -2.41. The lowest BCUT2D eigenvalue weighted by molar-refractivity contribution is 0.0667. The molecule has 6 heteroatoms. The Morgan fingerprint density at radius 1 is 1.29 bits per heavy atom. The SMILES string of the molecule is Cc1cc(C)n([C@@H]2CCCN(C(=O)c3cccc4c3OCO4)C2)n1. The molecule has 0 unspecified atom stereocenters. The summed E-state index contributed by atoms with van der Waals surface area (Å²) < 4.78 is 12.9. The van der Waals surface area contributed by atoms with E-state index in [1.165, 1.54) is 0 Å². The normalized spacial score (nSPS) is 19.6. The summed E-state index contributed by atoms with van der Waals surface area (Å²) in [5.41, 5.74) is 2.74. The molecule has 126 valence electrons. The molecule has 1 saturated heterocycles. The minimum absolute atomic E-state index is 0.00332. The van der Waals surface area contributed by atoms with Crippen LogP contribution in [0.3, 0.4) is 0 Å². The van der Waals surface area contributed by atoms with Crippen LogP contribution in [-0.4, -0.2) is 40.5 Å². The highest BCUT2D eigenvalue weighted by Gasteiger charge is 2.30. The number of aryl methyl sites for hydroxylation is 2. The van der Waals surface area contributed by atoms with Gasteiger partial charge in [0.15, 0.2) is 11.5 Å². The molecule has 0 bridgehead atoms. The van der Waals surface area contributed by atoms with Crippen molar-refractivity contribution in [2.24, 2.45) is 0 Å². The second kappa shape index (κ2) is 5.85. The molecule has 2 aliphatic rings. The summed E-state index contributed by atoms with van der Waals surface area (Å²) in [6, 6.07) is 7.78. The molecule has 1 fully saturated rings. The van der Waals surface area contributed by atoms with Gasteiger partial charge >= 0.3 is 0 Å². The number of hydrogen-bond acceptors (Lipinski definition) is 4. The number of piperidine rings is 1. The van der Waals surface area contributed by atoms with E-state index < -0.39 is 0 Å². The van der Waals surface area contributed by atoms with Gasteiger partial charge in [0, 0.05) is 18.8 Å². The third-order valence-corrected chi connectivity index (χ3v) is 4.70. The summed E-state index contributed by atoms with van der Waals surface area (Å²) in [5, 5.41) is 4.59. The van der Waals surface area contributed by atoms with Gasteiger partial charge in [-0.15, -0.1) is 0 Å². The van der Waals surface area contributed by atoms with Crippen molar-refractivity contribution in [3.05, 3.63) is 41.2 Å². The van der Waals surface area contributed by atoms with Crippen LogP contribution in [0.25, 0.3) is 0 Å². The minimum Gasteiger partial charge on any atom is -0.454 e. The van der Waals surface area contributed by atoms with Gasteiger partial charge in [-0.1, -0.05) is 6.07 Å². The second-order valence-electron chi connectivity index (χ2n) is 6.46. The maximum absolute atomic E-state index is 13.0. The van der Waals surface area contributed by atoms with E-state index in [9.17, 15) is 4.79 Å². The Morgan fingerprint density at radius 2 is 2.17 bits per heavy atom. The minimum atomic E-state index is 0.00332. The summed E-state index contributed by atoms with van der Waals surface area (Å²) in [6.45, 7) is 5.67. The Hall–Kier alpha value is -2.50. The van der Waals surface area contributed by atoms with E-state index in [2.05, 4.69) is 22.8 Å². The average Bonchev–Trinajstić information content (AvgIpc) is 3.20. The molecular formula is C18H21N3O3. The number of fused-ring (bicyclic) bond motifs is 1. The highest BCUT2D eigenvalue weighted by Crippen LogP contribution is 2.36. The number of rotatable bonds is 2. The van der Waals surface area contributed by atoms with Gasteiger partial charge in [-0.3, -0.25) is 9.48 Å². The predicted molar refractivity (Wildman–Crippen MR) is 88.4 cm³/mol. The molecule has 4 rings (SSSR count). The van der Waals surface area contributed by atoms with Crippen LogP contribution in [0.2, 0.25) is 0 Å². The molecule has 2 aromatic rings. The first kappa shape index (κ1) is 15.1. The van der Waals surface area contributed by atoms with Crippen LogP contribution in [0.5, 0.6) is 11.5 Å². The number of aromatic nitrogens is 2. The van der Waals surface area contributed by atoms with Crippen LogP contribution in [0.15, 0.2) is 24.3 Å². The van der Waals surface area contributed by atoms with Crippen molar-refractivity contribution in [2.45, 2.75) is 32.7 Å². The maximum atomic E-state index is 13.0. The molecule has 0 aliphatic carbocycles. The third-order valence-electron chi connectivity index (χ3n) is 4.70. The fourth-order valence-electron chi connectivity index (χ4n) is 3.62. The van der Waals surface area contributed by atoms with Crippen molar-refractivity contribution in [1.82, 2.24) is 14.7 Å². The van der Waals surface area contributed by atoms with Gasteiger partial charge in [-0.05, 0) is 44.9 Å². The fourth-order valence-corrected chi connectivity index (χ4v) is 3.62. The Labute approximate surface area is 141 Å². The lowest BCUT2D eigenvalue weighted by Gasteiger charge is -2.33. The zero-order valence-electron chi connectivity index (χ0n) is 14.0. The molecular weight excluding hydrogens is 306 g/mol. The lowest BCUT2D eigenvalue weighted by atomic mass is 10.0. The molecule has 1 atom stereocenters. The summed E-state index contributed by atoms with van der Waals surface area (Å²) in [4.78, 5) is 14.9. The number of para-hydroxylation sites is 1. The van der Waals surface area contributed by atoms with Gasteiger partial charge in [0.05, 0.1) is 17.3 Å². The van der Waals surface area contributed by atoms with Crippen LogP contribution in [0.4, 0.5) is 0 Å². The maximum Gasteiger partial charge on any atom is 0.257 e. The summed E-state index contributed by atoms with van der Waals surface area (Å²) >= 11 is 0. The first-order chi connectivity index (χ1) is 11.6. The Morgan fingerprint density at radius 3 is 2.96 bits per heavy atom. The van der Waals surface area contributed by atoms with E-state index in [-0.39, 0.29) is 18.7 Å². The highest BCUT2D eigenvalue weighted by molar-refractivity contribution is 5.98. The number of ether oxygens (including phenoxy) is 2. The summed E-state index contributed by atoms with van der Waals surface area (Å²) in [5.74, 6) is 1.22. The quantitative estimate of drug-likeness (QED) is 0.851. The molecule has 24 heavy (non-hydrogen) atoms. The number of hydrogen-bond donors (Lipinski definition) is 0. The molecule has 3 heterocycles. The van der Waals surface area contributed by atoms with E-state index in [1.54, 1.807) is 0 Å². The first-order valence-electron chi connectivity index (χ1n) is 8.34. The zero-order chi connectivity index (χ0) is 16.7. The van der Waals surface area contributed by atoms with Gasteiger partial charge < -0.3 is 14.4 Å². The average molecular weight is 327 g/mol. The van der Waals surface area contributed by atoms with Gasteiger partial charge in [-0.2, -0.15) is 5.10 Å². The van der Waals surface area contributed by atoms with Crippen LogP contribution in [0, 0.1) is 13.8 Å². The van der Waals surface area contributed by atoms with E-state index in [0.717, 1.165) is 30.8 Å². The third kappa shape index (κ3) is 2.52. The monoisotopic (exact) mass is 327 g/mol. The number of carbonyl (C=O) groups is 1. The van der Waals surface area contributed by atoms with Gasteiger partial charge in [0.25, 0.3) is 5.91 Å². The van der Waals surface area contributed by atoms with E-state index in [1.807, 2.05) is 30.0 Å². The molecule has 0 saturated carbocycles. The van der Waals surface area contributed by atoms with Crippen molar-refractivity contribution >= 4 is 5.91 Å². The Balaban J connectivity index is 1.57. The summed E-state index contributed by atoms with van der Waals surface area (Å²) in [7, 11) is 0. The molecule has 1 amide bonds. The molecule has 6 nitrogen and oxygen atoms in total. The molecule has 0 radical (unpaired) electrons. The number of benzene rings is 1. The molecule has 1 aromatic heterocycles. The number of nitrogens with zero attached hydrogens (tertiary/aromatic N) is 3. The summed E-state index contributed by atoms with van der Waals surface area (Å²) in [6.07, 6.45) is 2.01. The van der Waals surface area contributed by atoms with E-state index >= 15 is 0 Å². The molecule has 0 N–H and O–H groups in total. The predicted octanol–water partition coefficient (Wildman–Crippen LogP) is 2.71. The van der Waals surface area contributed by atoms with Crippen molar-refractivity contribution in [2.75, 3.05) is 19.9 Å². The fraction of sp³-hybridized carbons (Fsp3) is 0.444. The molecule has 0 spiro atoms. The van der Waals surface area contributed by atoms with Crippen LogP contribution in [0.1, 0.15) is 40.6 Å². The van der Waals surface area contributed by atoms with Gasteiger partial charge in [-0.25, -0.2) is 0 Å². The van der Waals surface area contributed by atoms with E-state index in [0.29, 0.717) is 23.6 Å². The number of likely N-dealkylation sites (tertiary alicyclic amines) is 1. The topological polar surface area (TPSA) is 56.6 Å². The van der Waals surface area contributed by atoms with Crippen molar-refractivity contribution in [3.8, 4) is 11.5 Å². The van der Waals surface area contributed by atoms with Crippen LogP contribution < -0.4 is 9.47 Å². The number of carbonyl (C=O) groups excluding carboxylic acids is 1. The number of amides is 1. The van der Waals surface area contributed by atoms with Crippen LogP contribution >= 0.6 is 0 Å². The smallest absolute Gasteiger partial charge is 0.257 e. The van der Waals surface area contributed by atoms with Crippen LogP contribution in [-0.2, 0) is 0 Å². The van der Waals surface area contributed by atoms with Crippen molar-refractivity contribution in [1.29, 1.82) is 0 Å². The highest BCUT2D eigenvalue weighted by atomic mass is 16.7. The van der Waals surface area contributed by atoms with Crippen molar-refractivity contribution in [3.63, 3.8) is 0 Å². The Bertz CT molecular complexity index is 784. The van der Waals surface area contributed by atoms with Gasteiger partial charge in [0.2, 0.25) is 6.79 Å². The van der Waals surface area contributed by atoms with E-state index in [4.69, 9.17) is 9.47 Å². The zero-order valence-corrected chi connectivity index (χ0v) is 14.0. The first-order valence-corrected chi connectivity index (χ1v) is 8.34. The molecule has 1 aromatic carbocycles. The van der Waals surface area contributed by atoms with Crippen molar-refractivity contribution < 1.29 is 14.3 Å². The van der Waals surface area contributed by atoms with Gasteiger partial charge in [0.1, 0.15) is 0 Å². The standard InChI is InChI=1S/C18H21N3O3/c1-12-9-13(2)21(19-12)14-5-4-8-20(10-14)18(22)15-6-3-7-16-17(15)24-11-23-16/h3,6-7,9,14H,4-5,8,10-11H2,1-2H3/t14-/m1/s1. The second-order valence-corrected chi connectivity index (χ2v) is 6.46. The Kier molecular flexibility index (Phi) is 3.67. The molecule has 2 aliphatic heterocycles. The largest absolute Gasteiger partial charge is 0.454 e.